The fraction of sp³-hybridized carbons (Fsp3) is 0.444. The average Bonchev–Trinajstić information content (AvgIpc) is 3.06. The van der Waals surface area contributed by atoms with Crippen LogP contribution in [0, 0.1) is 5.92 Å². The molecule has 1 aliphatic rings. The lowest BCUT2D eigenvalue weighted by molar-refractivity contribution is 0.0846. The average molecular weight is 335 g/mol. The van der Waals surface area contributed by atoms with Crippen molar-refractivity contribution in [2.45, 2.75) is 26.2 Å². The SMILES string of the molecule is CC(CN1CCCCC1)C(=O)c1cc(-c2ccccc2)no1.Cl. The molecule has 5 heteroatoms. The number of benzene rings is 1. The van der Waals surface area contributed by atoms with Gasteiger partial charge in [0.25, 0.3) is 0 Å². The number of likely N-dealkylation sites (tertiary alicyclic amines) is 1. The van der Waals surface area contributed by atoms with Crippen LogP contribution >= 0.6 is 12.4 Å². The molecule has 2 heterocycles. The summed E-state index contributed by atoms with van der Waals surface area (Å²) in [6, 6.07) is 11.5. The Morgan fingerprint density at radius 3 is 2.61 bits per heavy atom. The Labute approximate surface area is 143 Å². The topological polar surface area (TPSA) is 46.3 Å². The molecule has 124 valence electrons. The summed E-state index contributed by atoms with van der Waals surface area (Å²) in [5, 5.41) is 4.03. The molecule has 4 nitrogen and oxygen atoms in total. The molecule has 0 spiro atoms. The summed E-state index contributed by atoms with van der Waals surface area (Å²) in [6.07, 6.45) is 3.78. The predicted molar refractivity (Wildman–Crippen MR) is 93.0 cm³/mol. The zero-order valence-corrected chi connectivity index (χ0v) is 14.2. The van der Waals surface area contributed by atoms with Crippen molar-refractivity contribution in [1.29, 1.82) is 0 Å². The maximum Gasteiger partial charge on any atom is 0.204 e. The van der Waals surface area contributed by atoms with Crippen molar-refractivity contribution in [1.82, 2.24) is 10.1 Å². The van der Waals surface area contributed by atoms with Crippen LogP contribution in [0.5, 0.6) is 0 Å². The Morgan fingerprint density at radius 2 is 1.91 bits per heavy atom. The third kappa shape index (κ3) is 4.43. The van der Waals surface area contributed by atoms with E-state index in [4.69, 9.17) is 4.52 Å². The van der Waals surface area contributed by atoms with Crippen molar-refractivity contribution < 1.29 is 9.32 Å². The van der Waals surface area contributed by atoms with Gasteiger partial charge in [-0.2, -0.15) is 0 Å². The highest BCUT2D eigenvalue weighted by Gasteiger charge is 2.23. The normalized spacial score (nSPS) is 16.6. The van der Waals surface area contributed by atoms with Crippen LogP contribution in [0.3, 0.4) is 0 Å². The summed E-state index contributed by atoms with van der Waals surface area (Å²) >= 11 is 0. The van der Waals surface area contributed by atoms with E-state index in [0.29, 0.717) is 11.5 Å². The van der Waals surface area contributed by atoms with E-state index in [9.17, 15) is 4.79 Å². The minimum Gasteiger partial charge on any atom is -0.352 e. The molecule has 23 heavy (non-hydrogen) atoms. The van der Waals surface area contributed by atoms with Crippen LogP contribution in [0.4, 0.5) is 0 Å². The van der Waals surface area contributed by atoms with Crippen molar-refractivity contribution >= 4 is 18.2 Å². The zero-order valence-electron chi connectivity index (χ0n) is 13.4. The van der Waals surface area contributed by atoms with E-state index < -0.39 is 0 Å². The van der Waals surface area contributed by atoms with E-state index in [2.05, 4.69) is 10.1 Å². The van der Waals surface area contributed by atoms with Gasteiger partial charge in [0.15, 0.2) is 0 Å². The molecule has 1 aromatic carbocycles. The van der Waals surface area contributed by atoms with Crippen molar-refractivity contribution in [3.8, 4) is 11.3 Å². The summed E-state index contributed by atoms with van der Waals surface area (Å²) in [7, 11) is 0. The summed E-state index contributed by atoms with van der Waals surface area (Å²) in [4.78, 5) is 14.9. The van der Waals surface area contributed by atoms with E-state index in [-0.39, 0.29) is 24.1 Å². The Balaban J connectivity index is 0.00000192. The van der Waals surface area contributed by atoms with Crippen molar-refractivity contribution in [3.63, 3.8) is 0 Å². The summed E-state index contributed by atoms with van der Waals surface area (Å²) in [5.74, 6) is 0.346. The standard InChI is InChI=1S/C18H22N2O2.ClH/c1-14(13-20-10-6-3-7-11-20)18(21)17-12-16(19-22-17)15-8-4-2-5-9-15;/h2,4-5,8-9,12,14H,3,6-7,10-11,13H2,1H3;1H. The number of rotatable bonds is 5. The highest BCUT2D eigenvalue weighted by atomic mass is 35.5. The molecule has 1 saturated heterocycles. The first-order chi connectivity index (χ1) is 10.7. The van der Waals surface area contributed by atoms with Crippen molar-refractivity contribution in [2.24, 2.45) is 5.92 Å². The van der Waals surface area contributed by atoms with Gasteiger partial charge in [-0.1, -0.05) is 48.8 Å². The quantitative estimate of drug-likeness (QED) is 0.773. The number of ketones is 1. The fourth-order valence-electron chi connectivity index (χ4n) is 2.99. The first-order valence-electron chi connectivity index (χ1n) is 8.03. The van der Waals surface area contributed by atoms with Gasteiger partial charge in [-0.15, -0.1) is 12.4 Å². The van der Waals surface area contributed by atoms with Gasteiger partial charge >= 0.3 is 0 Å². The highest BCUT2D eigenvalue weighted by Crippen LogP contribution is 2.21. The minimum atomic E-state index is -0.0605. The molecule has 1 aliphatic heterocycles. The lowest BCUT2D eigenvalue weighted by Gasteiger charge is -2.28. The zero-order chi connectivity index (χ0) is 15.4. The first-order valence-corrected chi connectivity index (χ1v) is 8.03. The highest BCUT2D eigenvalue weighted by molar-refractivity contribution is 5.96. The molecule has 1 fully saturated rings. The van der Waals surface area contributed by atoms with Crippen LogP contribution in [-0.2, 0) is 0 Å². The second-order valence-electron chi connectivity index (χ2n) is 6.07. The van der Waals surface area contributed by atoms with Crippen molar-refractivity contribution in [2.75, 3.05) is 19.6 Å². The second-order valence-corrected chi connectivity index (χ2v) is 6.07. The van der Waals surface area contributed by atoms with E-state index in [0.717, 1.165) is 25.2 Å². The maximum atomic E-state index is 12.5. The fourth-order valence-corrected chi connectivity index (χ4v) is 2.99. The molecule has 0 aliphatic carbocycles. The smallest absolute Gasteiger partial charge is 0.204 e. The predicted octanol–water partition coefficient (Wildman–Crippen LogP) is 4.07. The third-order valence-corrected chi connectivity index (χ3v) is 4.25. The number of carbonyl (C=O) groups is 1. The number of nitrogens with zero attached hydrogens (tertiary/aromatic N) is 2. The molecule has 0 saturated carbocycles. The van der Waals surface area contributed by atoms with E-state index in [1.54, 1.807) is 6.07 Å². The number of aromatic nitrogens is 1. The van der Waals surface area contributed by atoms with Gasteiger partial charge in [-0.25, -0.2) is 0 Å². The molecule has 1 unspecified atom stereocenters. The van der Waals surface area contributed by atoms with E-state index in [1.807, 2.05) is 37.3 Å². The van der Waals surface area contributed by atoms with Gasteiger partial charge in [0, 0.05) is 24.1 Å². The lowest BCUT2D eigenvalue weighted by atomic mass is 10.0. The number of piperidine rings is 1. The Kier molecular flexibility index (Phi) is 6.37. The molecule has 2 aromatic rings. The summed E-state index contributed by atoms with van der Waals surface area (Å²) in [5.41, 5.74) is 1.68. The Morgan fingerprint density at radius 1 is 1.22 bits per heavy atom. The third-order valence-electron chi connectivity index (χ3n) is 4.25. The second kappa shape index (κ2) is 8.27. The monoisotopic (exact) mass is 334 g/mol. The van der Waals surface area contributed by atoms with E-state index in [1.165, 1.54) is 19.3 Å². The molecule has 0 amide bonds. The van der Waals surface area contributed by atoms with Crippen LogP contribution < -0.4 is 0 Å². The maximum absolute atomic E-state index is 12.5. The molecule has 0 N–H and O–H groups in total. The minimum absolute atomic E-state index is 0. The summed E-state index contributed by atoms with van der Waals surface area (Å²) in [6.45, 7) is 4.98. The van der Waals surface area contributed by atoms with Gasteiger partial charge in [0.1, 0.15) is 5.69 Å². The number of hydrogen-bond acceptors (Lipinski definition) is 4. The molecular formula is C18H23ClN2O2. The largest absolute Gasteiger partial charge is 0.352 e. The molecule has 0 radical (unpaired) electrons. The molecular weight excluding hydrogens is 312 g/mol. The van der Waals surface area contributed by atoms with Crippen molar-refractivity contribution in [3.05, 3.63) is 42.2 Å². The number of carbonyl (C=O) groups excluding carboxylic acids is 1. The first kappa shape index (κ1) is 17.7. The molecule has 1 aromatic heterocycles. The Bertz CT molecular complexity index is 621. The van der Waals surface area contributed by atoms with Crippen LogP contribution in [0.25, 0.3) is 11.3 Å². The molecule has 1 atom stereocenters. The van der Waals surface area contributed by atoms with Gasteiger partial charge in [-0.3, -0.25) is 4.79 Å². The van der Waals surface area contributed by atoms with Gasteiger partial charge in [0.05, 0.1) is 0 Å². The summed E-state index contributed by atoms with van der Waals surface area (Å²) < 4.78 is 5.27. The molecule has 3 rings (SSSR count). The number of hydrogen-bond donors (Lipinski definition) is 0. The Hall–Kier alpha value is -1.65. The van der Waals surface area contributed by atoms with Crippen LogP contribution in [0.1, 0.15) is 36.7 Å². The van der Waals surface area contributed by atoms with Crippen LogP contribution in [0.15, 0.2) is 40.9 Å². The van der Waals surface area contributed by atoms with Crippen LogP contribution in [0.2, 0.25) is 0 Å². The number of halogens is 1. The van der Waals surface area contributed by atoms with Gasteiger partial charge in [-0.05, 0) is 25.9 Å². The molecule has 0 bridgehead atoms. The van der Waals surface area contributed by atoms with Crippen LogP contribution in [-0.4, -0.2) is 35.5 Å². The number of Topliss-reactive ketones (excluding diaryl/α,β-unsaturated/α-hetero) is 1. The van der Waals surface area contributed by atoms with Gasteiger partial charge in [0.2, 0.25) is 11.5 Å². The van der Waals surface area contributed by atoms with E-state index >= 15 is 0 Å². The van der Waals surface area contributed by atoms with Gasteiger partial charge < -0.3 is 9.42 Å². The lowest BCUT2D eigenvalue weighted by Crippen LogP contribution is -2.35.